The first-order valence-electron chi connectivity index (χ1n) is 9.34. The number of carbonyl (C=O) groups is 1. The van der Waals surface area contributed by atoms with Gasteiger partial charge in [-0.05, 0) is 31.9 Å². The molecule has 8 nitrogen and oxygen atoms in total. The number of carbonyl (C=O) groups excluding carboxylic acids is 1. The lowest BCUT2D eigenvalue weighted by Crippen LogP contribution is -2.42. The summed E-state index contributed by atoms with van der Waals surface area (Å²) in [5.41, 5.74) is 1.51. The molecule has 0 saturated carbocycles. The lowest BCUT2D eigenvalue weighted by molar-refractivity contribution is -0.120. The fourth-order valence-electron chi connectivity index (χ4n) is 3.25. The molecule has 1 saturated heterocycles. The lowest BCUT2D eigenvalue weighted by atomic mass is 9.97. The Labute approximate surface area is 174 Å². The molecule has 0 unspecified atom stereocenters. The fourth-order valence-corrected chi connectivity index (χ4v) is 5.10. The Morgan fingerprint density at radius 2 is 2.00 bits per heavy atom. The molecule has 0 spiro atoms. The largest absolute Gasteiger partial charge is 0.497 e. The van der Waals surface area contributed by atoms with E-state index in [9.17, 15) is 13.2 Å². The van der Waals surface area contributed by atoms with Crippen LogP contribution >= 0.6 is 11.3 Å². The van der Waals surface area contributed by atoms with Crippen LogP contribution in [0.25, 0.3) is 11.3 Å². The first kappa shape index (κ1) is 21.5. The van der Waals surface area contributed by atoms with Crippen LogP contribution in [0.1, 0.15) is 19.8 Å². The number of sulfonamides is 1. The number of amides is 1. The van der Waals surface area contributed by atoms with E-state index in [1.807, 2.05) is 17.5 Å². The summed E-state index contributed by atoms with van der Waals surface area (Å²) in [5.74, 6) is 1.06. The number of anilines is 1. The van der Waals surface area contributed by atoms with Crippen LogP contribution in [0, 0.1) is 5.92 Å². The molecule has 0 radical (unpaired) electrons. The number of thiazole rings is 1. The van der Waals surface area contributed by atoms with Crippen LogP contribution in [0.3, 0.4) is 0 Å². The Morgan fingerprint density at radius 3 is 2.62 bits per heavy atom. The van der Waals surface area contributed by atoms with Crippen LogP contribution in [0.2, 0.25) is 0 Å². The SMILES string of the molecule is CCS(=O)(=O)N1CCC(C(=O)Nc2nc(-c3ccc(OC)cc3OC)cs2)CC1. The highest BCUT2D eigenvalue weighted by Crippen LogP contribution is 2.35. The predicted molar refractivity (Wildman–Crippen MR) is 113 cm³/mol. The van der Waals surface area contributed by atoms with Crippen LogP contribution in [-0.2, 0) is 14.8 Å². The maximum atomic E-state index is 12.6. The van der Waals surface area contributed by atoms with Crippen molar-refractivity contribution in [2.45, 2.75) is 19.8 Å². The van der Waals surface area contributed by atoms with Gasteiger partial charge in [0.1, 0.15) is 11.5 Å². The molecule has 1 amide bonds. The summed E-state index contributed by atoms with van der Waals surface area (Å²) in [6, 6.07) is 5.47. The lowest BCUT2D eigenvalue weighted by Gasteiger charge is -2.30. The van der Waals surface area contributed by atoms with Gasteiger partial charge in [-0.1, -0.05) is 0 Å². The molecule has 10 heteroatoms. The van der Waals surface area contributed by atoms with E-state index in [4.69, 9.17) is 9.47 Å². The average molecular weight is 440 g/mol. The van der Waals surface area contributed by atoms with Crippen LogP contribution < -0.4 is 14.8 Å². The smallest absolute Gasteiger partial charge is 0.229 e. The van der Waals surface area contributed by atoms with Crippen molar-refractivity contribution in [3.8, 4) is 22.8 Å². The van der Waals surface area contributed by atoms with Crippen molar-refractivity contribution in [3.05, 3.63) is 23.6 Å². The van der Waals surface area contributed by atoms with E-state index in [1.165, 1.54) is 15.6 Å². The summed E-state index contributed by atoms with van der Waals surface area (Å²) in [5, 5.41) is 5.23. The second kappa shape index (κ2) is 9.10. The molecule has 3 rings (SSSR count). The van der Waals surface area contributed by atoms with Gasteiger partial charge in [-0.25, -0.2) is 17.7 Å². The number of nitrogens with one attached hydrogen (secondary N) is 1. The molecule has 0 bridgehead atoms. The molecule has 0 atom stereocenters. The standard InChI is InChI=1S/C19H25N3O5S2/c1-4-29(24,25)22-9-7-13(8-10-22)18(23)21-19-20-16(12-28-19)15-6-5-14(26-2)11-17(15)27-3/h5-6,11-13H,4,7-10H2,1-3H3,(H,20,21,23). The van der Waals surface area contributed by atoms with Crippen LogP contribution in [0.4, 0.5) is 5.13 Å². The maximum Gasteiger partial charge on any atom is 0.229 e. The third-order valence-corrected chi connectivity index (χ3v) is 7.64. The summed E-state index contributed by atoms with van der Waals surface area (Å²) in [6.07, 6.45) is 1.02. The van der Waals surface area contributed by atoms with Gasteiger partial charge in [0.2, 0.25) is 15.9 Å². The van der Waals surface area contributed by atoms with Crippen molar-refractivity contribution < 1.29 is 22.7 Å². The number of aromatic nitrogens is 1. The number of rotatable bonds is 7. The van der Waals surface area contributed by atoms with Gasteiger partial charge in [0, 0.05) is 36.0 Å². The molecule has 158 valence electrons. The van der Waals surface area contributed by atoms with Gasteiger partial charge in [0.05, 0.1) is 25.7 Å². The minimum Gasteiger partial charge on any atom is -0.497 e. The van der Waals surface area contributed by atoms with Crippen molar-refractivity contribution in [1.29, 1.82) is 0 Å². The highest BCUT2D eigenvalue weighted by atomic mass is 32.2. The van der Waals surface area contributed by atoms with Crippen LogP contribution in [0.15, 0.2) is 23.6 Å². The van der Waals surface area contributed by atoms with Gasteiger partial charge in [-0.2, -0.15) is 0 Å². The zero-order chi connectivity index (χ0) is 21.0. The van der Waals surface area contributed by atoms with E-state index < -0.39 is 10.0 Å². The average Bonchev–Trinajstić information content (AvgIpc) is 3.21. The summed E-state index contributed by atoms with van der Waals surface area (Å²) >= 11 is 1.34. The van der Waals surface area contributed by atoms with Crippen molar-refractivity contribution in [2.75, 3.05) is 38.4 Å². The second-order valence-electron chi connectivity index (χ2n) is 6.67. The number of hydrogen-bond acceptors (Lipinski definition) is 7. The van der Waals surface area contributed by atoms with Crippen molar-refractivity contribution >= 4 is 32.4 Å². The number of nitrogens with zero attached hydrogens (tertiary/aromatic N) is 2. The predicted octanol–water partition coefficient (Wildman–Crippen LogP) is 2.83. The quantitative estimate of drug-likeness (QED) is 0.712. The number of methoxy groups -OCH3 is 2. The number of ether oxygens (including phenoxy) is 2. The third-order valence-electron chi connectivity index (χ3n) is 5.00. The van der Waals surface area contributed by atoms with Gasteiger partial charge >= 0.3 is 0 Å². The monoisotopic (exact) mass is 439 g/mol. The van der Waals surface area contributed by atoms with E-state index >= 15 is 0 Å². The Bertz CT molecular complexity index is 966. The van der Waals surface area contributed by atoms with E-state index in [0.717, 1.165) is 5.56 Å². The Balaban J connectivity index is 1.64. The van der Waals surface area contributed by atoms with Gasteiger partial charge in [-0.15, -0.1) is 11.3 Å². The molecule has 2 aromatic rings. The van der Waals surface area contributed by atoms with Crippen LogP contribution in [0.5, 0.6) is 11.5 Å². The molecule has 1 aromatic heterocycles. The minimum atomic E-state index is -3.20. The molecule has 2 heterocycles. The Morgan fingerprint density at radius 1 is 1.28 bits per heavy atom. The Hall–Kier alpha value is -2.17. The summed E-state index contributed by atoms with van der Waals surface area (Å²) in [6.45, 7) is 2.38. The van der Waals surface area contributed by atoms with Gasteiger partial charge < -0.3 is 14.8 Å². The number of piperidine rings is 1. The minimum absolute atomic E-state index is 0.0839. The van der Waals surface area contributed by atoms with Crippen molar-refractivity contribution in [1.82, 2.24) is 9.29 Å². The summed E-state index contributed by atoms with van der Waals surface area (Å²) in [4.78, 5) is 17.1. The molecule has 29 heavy (non-hydrogen) atoms. The Kier molecular flexibility index (Phi) is 6.76. The molecular weight excluding hydrogens is 414 g/mol. The summed E-state index contributed by atoms with van der Waals surface area (Å²) < 4.78 is 36.0. The number of hydrogen-bond donors (Lipinski definition) is 1. The maximum absolute atomic E-state index is 12.6. The van der Waals surface area contributed by atoms with Gasteiger partial charge in [0.15, 0.2) is 5.13 Å². The molecule has 1 N–H and O–H groups in total. The first-order valence-corrected chi connectivity index (χ1v) is 11.8. The van der Waals surface area contributed by atoms with E-state index in [-0.39, 0.29) is 17.6 Å². The topological polar surface area (TPSA) is 97.8 Å². The van der Waals surface area contributed by atoms with E-state index in [0.29, 0.717) is 48.3 Å². The van der Waals surface area contributed by atoms with Gasteiger partial charge in [0.25, 0.3) is 0 Å². The van der Waals surface area contributed by atoms with E-state index in [2.05, 4.69) is 10.3 Å². The first-order chi connectivity index (χ1) is 13.9. The highest BCUT2D eigenvalue weighted by molar-refractivity contribution is 7.89. The zero-order valence-electron chi connectivity index (χ0n) is 16.7. The molecule has 1 aliphatic rings. The van der Waals surface area contributed by atoms with Crippen molar-refractivity contribution in [3.63, 3.8) is 0 Å². The molecular formula is C19H25N3O5S2. The second-order valence-corrected chi connectivity index (χ2v) is 9.78. The van der Waals surface area contributed by atoms with Gasteiger partial charge in [-0.3, -0.25) is 4.79 Å². The zero-order valence-corrected chi connectivity index (χ0v) is 18.3. The number of benzene rings is 1. The molecule has 0 aliphatic carbocycles. The third kappa shape index (κ3) is 4.88. The normalized spacial score (nSPS) is 15.8. The van der Waals surface area contributed by atoms with E-state index in [1.54, 1.807) is 27.2 Å². The highest BCUT2D eigenvalue weighted by Gasteiger charge is 2.30. The fraction of sp³-hybridized carbons (Fsp3) is 0.474. The molecule has 1 fully saturated rings. The molecule has 1 aromatic carbocycles. The molecule has 1 aliphatic heterocycles. The van der Waals surface area contributed by atoms with Crippen molar-refractivity contribution in [2.24, 2.45) is 5.92 Å². The van der Waals surface area contributed by atoms with Crippen LogP contribution in [-0.4, -0.2) is 56.7 Å². The summed E-state index contributed by atoms with van der Waals surface area (Å²) in [7, 11) is -0.0256.